The molecule has 8 rings (SSSR count). The first-order valence-electron chi connectivity index (χ1n) is 16.1. The highest BCUT2D eigenvalue weighted by Crippen LogP contribution is 2.43. The van der Waals surface area contributed by atoms with E-state index in [0.717, 1.165) is 78.1 Å². The van der Waals surface area contributed by atoms with E-state index in [4.69, 9.17) is 4.98 Å². The number of pyridine rings is 1. The standard InChI is InChI=1S/C45H33NO/c1-45(2)40-20-12-11-19-38(40)44(47)39-27-34(25-26-41(39)45)31-21-23-32(24-22-31)36-17-9-10-18-37(36)43-29-35(30-13-5-3-6-14-30)28-42(46-43)33-15-7-4-8-16-33/h3-29H,1-2H3. The van der Waals surface area contributed by atoms with Crippen molar-refractivity contribution in [3.05, 3.63) is 186 Å². The number of hydrogen-bond acceptors (Lipinski definition) is 2. The average molecular weight is 604 g/mol. The highest BCUT2D eigenvalue weighted by Gasteiger charge is 2.36. The molecule has 0 spiro atoms. The quantitative estimate of drug-likeness (QED) is 0.196. The number of hydrogen-bond donors (Lipinski definition) is 0. The van der Waals surface area contributed by atoms with Gasteiger partial charge in [0, 0.05) is 27.7 Å². The Labute approximate surface area is 276 Å². The first-order chi connectivity index (χ1) is 23.0. The van der Waals surface area contributed by atoms with Gasteiger partial charge >= 0.3 is 0 Å². The number of aromatic nitrogens is 1. The van der Waals surface area contributed by atoms with Crippen molar-refractivity contribution < 1.29 is 4.79 Å². The van der Waals surface area contributed by atoms with Gasteiger partial charge in [0.15, 0.2) is 5.78 Å². The van der Waals surface area contributed by atoms with Crippen LogP contribution in [0.4, 0.5) is 0 Å². The number of ketones is 1. The maximum absolute atomic E-state index is 13.6. The van der Waals surface area contributed by atoms with Crippen LogP contribution in [0, 0.1) is 0 Å². The molecule has 2 heteroatoms. The Bertz CT molecular complexity index is 2210. The molecule has 0 saturated heterocycles. The lowest BCUT2D eigenvalue weighted by Crippen LogP contribution is -2.30. The van der Waals surface area contributed by atoms with Crippen molar-refractivity contribution in [1.82, 2.24) is 4.98 Å². The van der Waals surface area contributed by atoms with E-state index in [1.165, 1.54) is 0 Å². The molecule has 6 aromatic carbocycles. The van der Waals surface area contributed by atoms with Crippen LogP contribution < -0.4 is 0 Å². The summed E-state index contributed by atoms with van der Waals surface area (Å²) in [5.74, 6) is 0.0995. The van der Waals surface area contributed by atoms with Crippen molar-refractivity contribution in [2.24, 2.45) is 0 Å². The molecule has 0 saturated carbocycles. The Balaban J connectivity index is 1.18. The summed E-state index contributed by atoms with van der Waals surface area (Å²) >= 11 is 0. The van der Waals surface area contributed by atoms with Crippen molar-refractivity contribution in [2.45, 2.75) is 19.3 Å². The Hall–Kier alpha value is -5.86. The minimum absolute atomic E-state index is 0.0995. The van der Waals surface area contributed by atoms with Gasteiger partial charge < -0.3 is 0 Å². The predicted octanol–water partition coefficient (Wildman–Crippen LogP) is 11.3. The van der Waals surface area contributed by atoms with Crippen molar-refractivity contribution in [3.8, 4) is 55.9 Å². The van der Waals surface area contributed by atoms with Gasteiger partial charge in [0.25, 0.3) is 0 Å². The summed E-state index contributed by atoms with van der Waals surface area (Å²) < 4.78 is 0. The molecule has 0 amide bonds. The van der Waals surface area contributed by atoms with Gasteiger partial charge in [-0.05, 0) is 62.7 Å². The van der Waals surface area contributed by atoms with Crippen LogP contribution in [0.2, 0.25) is 0 Å². The first-order valence-corrected chi connectivity index (χ1v) is 16.1. The lowest BCUT2D eigenvalue weighted by molar-refractivity contribution is 0.103. The third-order valence-corrected chi connectivity index (χ3v) is 9.52. The molecule has 224 valence electrons. The summed E-state index contributed by atoms with van der Waals surface area (Å²) in [4.78, 5) is 18.8. The highest BCUT2D eigenvalue weighted by molar-refractivity contribution is 6.13. The van der Waals surface area contributed by atoms with E-state index < -0.39 is 0 Å². The van der Waals surface area contributed by atoms with Crippen LogP contribution in [0.15, 0.2) is 164 Å². The van der Waals surface area contributed by atoms with Gasteiger partial charge in [-0.3, -0.25) is 4.79 Å². The van der Waals surface area contributed by atoms with Crippen LogP contribution in [0.1, 0.15) is 40.9 Å². The monoisotopic (exact) mass is 603 g/mol. The van der Waals surface area contributed by atoms with Gasteiger partial charge in [0.05, 0.1) is 11.4 Å². The van der Waals surface area contributed by atoms with Gasteiger partial charge in [-0.25, -0.2) is 4.98 Å². The fourth-order valence-corrected chi connectivity index (χ4v) is 7.00. The minimum atomic E-state index is -0.238. The summed E-state index contributed by atoms with van der Waals surface area (Å²) in [5, 5.41) is 0. The van der Waals surface area contributed by atoms with E-state index in [9.17, 15) is 4.79 Å². The molecule has 2 nitrogen and oxygen atoms in total. The van der Waals surface area contributed by atoms with Gasteiger partial charge in [0.2, 0.25) is 0 Å². The first kappa shape index (κ1) is 28.6. The third-order valence-electron chi connectivity index (χ3n) is 9.52. The fourth-order valence-electron chi connectivity index (χ4n) is 7.00. The molecule has 1 aliphatic rings. The maximum atomic E-state index is 13.6. The Morgan fingerprint density at radius 1 is 0.383 bits per heavy atom. The Kier molecular flexibility index (Phi) is 7.00. The number of fused-ring (bicyclic) bond motifs is 2. The Morgan fingerprint density at radius 2 is 0.894 bits per heavy atom. The molecule has 0 unspecified atom stereocenters. The molecule has 0 bridgehead atoms. The molecule has 0 N–H and O–H groups in total. The highest BCUT2D eigenvalue weighted by atomic mass is 16.1. The molecule has 0 aliphatic heterocycles. The van der Waals surface area contributed by atoms with Crippen molar-refractivity contribution in [3.63, 3.8) is 0 Å². The molecule has 7 aromatic rings. The Morgan fingerprint density at radius 3 is 1.62 bits per heavy atom. The van der Waals surface area contributed by atoms with E-state index in [1.54, 1.807) is 0 Å². The summed E-state index contributed by atoms with van der Waals surface area (Å²) in [7, 11) is 0. The molecule has 1 aliphatic carbocycles. The second kappa shape index (κ2) is 11.5. The zero-order valence-corrected chi connectivity index (χ0v) is 26.4. The molecule has 0 fully saturated rings. The van der Waals surface area contributed by atoms with E-state index in [2.05, 4.69) is 147 Å². The molecule has 0 atom stereocenters. The van der Waals surface area contributed by atoms with Crippen molar-refractivity contribution in [1.29, 1.82) is 0 Å². The van der Waals surface area contributed by atoms with E-state index in [1.807, 2.05) is 30.3 Å². The number of nitrogens with zero attached hydrogens (tertiary/aromatic N) is 1. The van der Waals surface area contributed by atoms with E-state index in [-0.39, 0.29) is 11.2 Å². The minimum Gasteiger partial charge on any atom is -0.289 e. The SMILES string of the molecule is CC1(C)c2ccccc2C(=O)c2cc(-c3ccc(-c4ccccc4-c4cc(-c5ccccc5)cc(-c5ccccc5)n4)cc3)ccc21. The average Bonchev–Trinajstić information content (AvgIpc) is 3.14. The largest absolute Gasteiger partial charge is 0.289 e. The maximum Gasteiger partial charge on any atom is 0.193 e. The number of benzene rings is 6. The summed E-state index contributed by atoms with van der Waals surface area (Å²) in [5.41, 5.74) is 14.2. The van der Waals surface area contributed by atoms with Crippen LogP contribution in [0.25, 0.3) is 55.9 Å². The molecule has 0 radical (unpaired) electrons. The summed E-state index contributed by atoms with van der Waals surface area (Å²) in [6.07, 6.45) is 0. The predicted molar refractivity (Wildman–Crippen MR) is 193 cm³/mol. The van der Waals surface area contributed by atoms with Crippen molar-refractivity contribution in [2.75, 3.05) is 0 Å². The topological polar surface area (TPSA) is 30.0 Å². The van der Waals surface area contributed by atoms with Crippen molar-refractivity contribution >= 4 is 5.78 Å². The van der Waals surface area contributed by atoms with E-state index in [0.29, 0.717) is 0 Å². The molecule has 1 heterocycles. The molecule has 1 aromatic heterocycles. The van der Waals surface area contributed by atoms with Crippen LogP contribution in [-0.2, 0) is 5.41 Å². The van der Waals surface area contributed by atoms with Crippen LogP contribution >= 0.6 is 0 Å². The number of carbonyl (C=O) groups excluding carboxylic acids is 1. The summed E-state index contributed by atoms with van der Waals surface area (Å²) in [6, 6.07) is 56.7. The number of carbonyl (C=O) groups is 1. The zero-order valence-electron chi connectivity index (χ0n) is 26.4. The van der Waals surface area contributed by atoms with Gasteiger partial charge in [-0.1, -0.05) is 159 Å². The fraction of sp³-hybridized carbons (Fsp3) is 0.0667. The van der Waals surface area contributed by atoms with Crippen LogP contribution in [0.3, 0.4) is 0 Å². The second-order valence-corrected chi connectivity index (χ2v) is 12.7. The summed E-state index contributed by atoms with van der Waals surface area (Å²) in [6.45, 7) is 4.41. The molecular formula is C45H33NO. The normalized spacial score (nSPS) is 13.1. The van der Waals surface area contributed by atoms with Crippen LogP contribution in [0.5, 0.6) is 0 Å². The zero-order chi connectivity index (χ0) is 32.0. The van der Waals surface area contributed by atoms with Gasteiger partial charge in [-0.15, -0.1) is 0 Å². The lowest BCUT2D eigenvalue weighted by atomic mass is 9.68. The molecule has 47 heavy (non-hydrogen) atoms. The van der Waals surface area contributed by atoms with Gasteiger partial charge in [0.1, 0.15) is 0 Å². The molecular weight excluding hydrogens is 571 g/mol. The third kappa shape index (κ3) is 5.09. The second-order valence-electron chi connectivity index (χ2n) is 12.7. The van der Waals surface area contributed by atoms with Gasteiger partial charge in [-0.2, -0.15) is 0 Å². The smallest absolute Gasteiger partial charge is 0.193 e. The lowest BCUT2D eigenvalue weighted by Gasteiger charge is -2.34. The number of rotatable bonds is 5. The van der Waals surface area contributed by atoms with Crippen LogP contribution in [-0.4, -0.2) is 10.8 Å². The van der Waals surface area contributed by atoms with E-state index >= 15 is 0 Å².